The van der Waals surface area contributed by atoms with Crippen LogP contribution in [0.3, 0.4) is 0 Å². The highest BCUT2D eigenvalue weighted by Gasteiger charge is 2.15. The zero-order chi connectivity index (χ0) is 8.97. The first-order valence-electron chi connectivity index (χ1n) is 4.30. The molecule has 0 aromatic heterocycles. The normalized spacial score (nSPS) is 17.9. The molecule has 0 aromatic rings. The number of hydrogen-bond donors (Lipinski definition) is 1. The maximum absolute atomic E-state index is 10.5. The Morgan fingerprint density at radius 3 is 2.36 bits per heavy atom. The topological polar surface area (TPSA) is 55.6 Å². The van der Waals surface area contributed by atoms with Gasteiger partial charge in [-0.25, -0.2) is 0 Å². The van der Waals surface area contributed by atoms with Crippen LogP contribution in [0.25, 0.3) is 0 Å². The number of rotatable bonds is 2. The van der Waals surface area contributed by atoms with Gasteiger partial charge in [-0.15, -0.1) is 24.8 Å². The average molecular weight is 245 g/mol. The molecule has 86 valence electrons. The fourth-order valence-electron chi connectivity index (χ4n) is 1.26. The number of nitrogens with zero attached hydrogens (tertiary/aromatic N) is 1. The molecule has 14 heavy (non-hydrogen) atoms. The Kier molecular flexibility index (Phi) is 9.72. The Morgan fingerprint density at radius 1 is 1.43 bits per heavy atom. The van der Waals surface area contributed by atoms with Gasteiger partial charge in [0.15, 0.2) is 0 Å². The van der Waals surface area contributed by atoms with E-state index in [1.165, 1.54) is 6.92 Å². The van der Waals surface area contributed by atoms with Crippen molar-refractivity contribution in [3.63, 3.8) is 0 Å². The summed E-state index contributed by atoms with van der Waals surface area (Å²) < 4.78 is 4.86. The number of ether oxygens (including phenoxy) is 1. The first kappa shape index (κ1) is 16.4. The molecule has 0 radical (unpaired) electrons. The quantitative estimate of drug-likeness (QED) is 0.730. The van der Waals surface area contributed by atoms with Crippen LogP contribution in [0.15, 0.2) is 0 Å². The predicted octanol–water partition coefficient (Wildman–Crippen LogP) is 0.774. The molecular weight excluding hydrogens is 227 g/mol. The van der Waals surface area contributed by atoms with Crippen molar-refractivity contribution in [3.8, 4) is 0 Å². The van der Waals surface area contributed by atoms with E-state index in [4.69, 9.17) is 10.5 Å². The summed E-state index contributed by atoms with van der Waals surface area (Å²) in [5.74, 6) is -0.218. The molecular formula is C8H18Cl2N2O2. The molecule has 1 aliphatic rings. The number of carbonyl (C=O) groups is 1. The molecule has 0 unspecified atom stereocenters. The number of halogens is 2. The molecule has 0 aromatic carbocycles. The standard InChI is InChI=1S/C8H16N2O2.2ClH/c1-7(11)12-6-10-4-2-8(9)3-5-10;;/h8H,2-6,9H2,1H3;2*1H. The Labute approximate surface area is 97.0 Å². The van der Waals surface area contributed by atoms with E-state index < -0.39 is 0 Å². The molecule has 0 amide bonds. The summed E-state index contributed by atoms with van der Waals surface area (Å²) >= 11 is 0. The second-order valence-electron chi connectivity index (χ2n) is 3.22. The van der Waals surface area contributed by atoms with Gasteiger partial charge in [0.05, 0.1) is 0 Å². The highest BCUT2D eigenvalue weighted by molar-refractivity contribution is 5.85. The largest absolute Gasteiger partial charge is 0.450 e. The van der Waals surface area contributed by atoms with E-state index in [0.717, 1.165) is 25.9 Å². The summed E-state index contributed by atoms with van der Waals surface area (Å²) in [6, 6.07) is 0.332. The monoisotopic (exact) mass is 244 g/mol. The van der Waals surface area contributed by atoms with Gasteiger partial charge in [0, 0.05) is 26.1 Å². The molecule has 1 heterocycles. The van der Waals surface area contributed by atoms with Crippen LogP contribution in [0.2, 0.25) is 0 Å². The maximum Gasteiger partial charge on any atom is 0.303 e. The van der Waals surface area contributed by atoms with Crippen molar-refractivity contribution in [3.05, 3.63) is 0 Å². The summed E-state index contributed by atoms with van der Waals surface area (Å²) in [6.45, 7) is 3.72. The number of piperidine rings is 1. The van der Waals surface area contributed by atoms with Crippen LogP contribution in [-0.4, -0.2) is 36.7 Å². The third kappa shape index (κ3) is 6.43. The molecule has 1 aliphatic heterocycles. The summed E-state index contributed by atoms with van der Waals surface area (Å²) in [7, 11) is 0. The van der Waals surface area contributed by atoms with Crippen molar-refractivity contribution in [2.24, 2.45) is 5.73 Å². The van der Waals surface area contributed by atoms with Crippen LogP contribution < -0.4 is 5.73 Å². The lowest BCUT2D eigenvalue weighted by Crippen LogP contribution is -2.40. The van der Waals surface area contributed by atoms with Gasteiger partial charge in [-0.05, 0) is 12.8 Å². The first-order chi connectivity index (χ1) is 5.68. The third-order valence-corrected chi connectivity index (χ3v) is 2.08. The molecule has 0 aliphatic carbocycles. The molecule has 0 saturated carbocycles. The lowest BCUT2D eigenvalue weighted by molar-refractivity contribution is -0.146. The summed E-state index contributed by atoms with van der Waals surface area (Å²) in [4.78, 5) is 12.6. The van der Waals surface area contributed by atoms with Crippen molar-refractivity contribution in [2.75, 3.05) is 19.8 Å². The fraction of sp³-hybridized carbons (Fsp3) is 0.875. The summed E-state index contributed by atoms with van der Waals surface area (Å²) in [6.07, 6.45) is 2.00. The molecule has 0 spiro atoms. The third-order valence-electron chi connectivity index (χ3n) is 2.08. The van der Waals surface area contributed by atoms with Crippen molar-refractivity contribution in [2.45, 2.75) is 25.8 Å². The minimum Gasteiger partial charge on any atom is -0.450 e. The minimum absolute atomic E-state index is 0. The van der Waals surface area contributed by atoms with Crippen molar-refractivity contribution in [1.82, 2.24) is 4.90 Å². The molecule has 2 N–H and O–H groups in total. The van der Waals surface area contributed by atoms with Gasteiger partial charge >= 0.3 is 5.97 Å². The van der Waals surface area contributed by atoms with Crippen LogP contribution in [0.5, 0.6) is 0 Å². The van der Waals surface area contributed by atoms with Crippen LogP contribution >= 0.6 is 24.8 Å². The Hall–Kier alpha value is -0.0300. The zero-order valence-electron chi connectivity index (χ0n) is 8.27. The van der Waals surface area contributed by atoms with E-state index in [0.29, 0.717) is 12.8 Å². The van der Waals surface area contributed by atoms with Crippen molar-refractivity contribution in [1.29, 1.82) is 0 Å². The van der Waals surface area contributed by atoms with Gasteiger partial charge in [-0.3, -0.25) is 9.69 Å². The summed E-state index contributed by atoms with van der Waals surface area (Å²) in [5.41, 5.74) is 5.72. The SMILES string of the molecule is CC(=O)OCN1CCC(N)CC1.Cl.Cl. The van der Waals surface area contributed by atoms with Gasteiger partial charge in [-0.1, -0.05) is 0 Å². The molecule has 1 rings (SSSR count). The van der Waals surface area contributed by atoms with Crippen LogP contribution in [0.4, 0.5) is 0 Å². The molecule has 6 heteroatoms. The number of carbonyl (C=O) groups excluding carboxylic acids is 1. The second-order valence-corrected chi connectivity index (χ2v) is 3.22. The summed E-state index contributed by atoms with van der Waals surface area (Å²) in [5, 5.41) is 0. The van der Waals surface area contributed by atoms with Gasteiger partial charge in [0.2, 0.25) is 0 Å². The van der Waals surface area contributed by atoms with E-state index in [1.807, 2.05) is 0 Å². The molecule has 0 atom stereocenters. The second kappa shape index (κ2) is 8.29. The Morgan fingerprint density at radius 2 is 1.93 bits per heavy atom. The van der Waals surface area contributed by atoms with E-state index >= 15 is 0 Å². The molecule has 1 fully saturated rings. The maximum atomic E-state index is 10.5. The smallest absolute Gasteiger partial charge is 0.303 e. The van der Waals surface area contributed by atoms with E-state index in [9.17, 15) is 4.79 Å². The van der Waals surface area contributed by atoms with Gasteiger partial charge in [0.1, 0.15) is 6.73 Å². The Balaban J connectivity index is 0. The van der Waals surface area contributed by atoms with Gasteiger partial charge in [-0.2, -0.15) is 0 Å². The van der Waals surface area contributed by atoms with E-state index in [1.54, 1.807) is 0 Å². The number of nitrogens with two attached hydrogens (primary N) is 1. The highest BCUT2D eigenvalue weighted by Crippen LogP contribution is 2.07. The first-order valence-corrected chi connectivity index (χ1v) is 4.30. The average Bonchev–Trinajstić information content (AvgIpc) is 2.03. The lowest BCUT2D eigenvalue weighted by atomic mass is 10.1. The molecule has 0 bridgehead atoms. The van der Waals surface area contributed by atoms with Crippen LogP contribution in [-0.2, 0) is 9.53 Å². The highest BCUT2D eigenvalue weighted by atomic mass is 35.5. The lowest BCUT2D eigenvalue weighted by Gasteiger charge is -2.29. The van der Waals surface area contributed by atoms with E-state index in [-0.39, 0.29) is 30.8 Å². The van der Waals surface area contributed by atoms with Gasteiger partial charge in [0.25, 0.3) is 0 Å². The van der Waals surface area contributed by atoms with Gasteiger partial charge < -0.3 is 10.5 Å². The predicted molar refractivity (Wildman–Crippen MR) is 59.9 cm³/mol. The number of esters is 1. The number of hydrogen-bond acceptors (Lipinski definition) is 4. The van der Waals surface area contributed by atoms with Crippen molar-refractivity contribution < 1.29 is 9.53 Å². The Bertz CT molecular complexity index is 161. The number of likely N-dealkylation sites (tertiary alicyclic amines) is 1. The van der Waals surface area contributed by atoms with E-state index in [2.05, 4.69) is 4.90 Å². The van der Waals surface area contributed by atoms with Crippen molar-refractivity contribution >= 4 is 30.8 Å². The molecule has 1 saturated heterocycles. The fourth-order valence-corrected chi connectivity index (χ4v) is 1.26. The molecule has 4 nitrogen and oxygen atoms in total. The minimum atomic E-state index is -0.218. The van der Waals surface area contributed by atoms with Crippen LogP contribution in [0.1, 0.15) is 19.8 Å². The zero-order valence-corrected chi connectivity index (χ0v) is 9.90. The van der Waals surface area contributed by atoms with Crippen LogP contribution in [0, 0.1) is 0 Å².